The average Bonchev–Trinajstić information content (AvgIpc) is 3.15. The minimum Gasteiger partial charge on any atom is -0.448 e. The van der Waals surface area contributed by atoms with Gasteiger partial charge < -0.3 is 4.74 Å². The van der Waals surface area contributed by atoms with E-state index in [0.717, 1.165) is 23.4 Å². The van der Waals surface area contributed by atoms with E-state index in [2.05, 4.69) is 23.9 Å². The second-order valence-corrected chi connectivity index (χ2v) is 7.73. The molecule has 0 radical (unpaired) electrons. The molecule has 1 rings (SSSR count). The summed E-state index contributed by atoms with van der Waals surface area (Å²) in [6.45, 7) is 5.10. The predicted molar refractivity (Wildman–Crippen MR) is 106 cm³/mol. The lowest BCUT2D eigenvalue weighted by Gasteiger charge is -2.05. The first kappa shape index (κ1) is 22.7. The zero-order valence-electron chi connectivity index (χ0n) is 17.0. The maximum absolute atomic E-state index is 11.5. The van der Waals surface area contributed by atoms with Crippen LogP contribution in [0.25, 0.3) is 0 Å². The number of nitrogens with zero attached hydrogens (tertiary/aromatic N) is 3. The summed E-state index contributed by atoms with van der Waals surface area (Å²) in [6.07, 6.45) is 20.8. The molecule has 1 aromatic rings. The van der Waals surface area contributed by atoms with Crippen molar-refractivity contribution in [2.24, 2.45) is 5.92 Å². The van der Waals surface area contributed by atoms with Crippen LogP contribution in [0, 0.1) is 5.92 Å². The Morgan fingerprint density at radius 3 is 1.81 bits per heavy atom. The summed E-state index contributed by atoms with van der Waals surface area (Å²) in [7, 11) is 0. The highest BCUT2D eigenvalue weighted by atomic mass is 16.6. The molecule has 0 aliphatic heterocycles. The lowest BCUT2D eigenvalue weighted by Crippen LogP contribution is -2.14. The topological polar surface area (TPSA) is 57.0 Å². The standard InChI is InChI=1S/C21H39N3O2/c1-20(2)16-14-12-10-8-6-4-3-5-7-9-11-13-15-17-26-21(25)24-19-22-18-23-24/h18-20H,3-17H2,1-2H3. The summed E-state index contributed by atoms with van der Waals surface area (Å²) >= 11 is 0. The van der Waals surface area contributed by atoms with E-state index < -0.39 is 6.09 Å². The van der Waals surface area contributed by atoms with Crippen molar-refractivity contribution in [3.05, 3.63) is 12.7 Å². The molecule has 0 bridgehead atoms. The molecule has 0 amide bonds. The molecule has 0 N–H and O–H groups in total. The van der Waals surface area contributed by atoms with Gasteiger partial charge in [0, 0.05) is 0 Å². The molecule has 1 heterocycles. The fourth-order valence-electron chi connectivity index (χ4n) is 3.13. The van der Waals surface area contributed by atoms with E-state index >= 15 is 0 Å². The molecular weight excluding hydrogens is 326 g/mol. The van der Waals surface area contributed by atoms with E-state index in [0.29, 0.717) is 6.61 Å². The van der Waals surface area contributed by atoms with Crippen molar-refractivity contribution in [2.75, 3.05) is 6.61 Å². The number of aromatic nitrogens is 3. The number of hydrogen-bond donors (Lipinski definition) is 0. The molecule has 26 heavy (non-hydrogen) atoms. The van der Waals surface area contributed by atoms with E-state index in [4.69, 9.17) is 4.74 Å². The van der Waals surface area contributed by atoms with Crippen molar-refractivity contribution in [3.63, 3.8) is 0 Å². The molecular formula is C21H39N3O2. The van der Waals surface area contributed by atoms with Crippen LogP contribution >= 0.6 is 0 Å². The molecule has 150 valence electrons. The van der Waals surface area contributed by atoms with Crippen molar-refractivity contribution in [1.82, 2.24) is 14.8 Å². The highest BCUT2D eigenvalue weighted by Crippen LogP contribution is 2.14. The van der Waals surface area contributed by atoms with Crippen LogP contribution in [0.1, 0.15) is 104 Å². The number of unbranched alkanes of at least 4 members (excludes halogenated alkanes) is 12. The molecule has 0 atom stereocenters. The summed E-state index contributed by atoms with van der Waals surface area (Å²) in [4.78, 5) is 15.2. The van der Waals surface area contributed by atoms with Crippen molar-refractivity contribution in [2.45, 2.75) is 104 Å². The molecule has 0 aliphatic carbocycles. The second kappa shape index (κ2) is 15.8. The first-order valence-corrected chi connectivity index (χ1v) is 10.7. The molecule has 0 spiro atoms. The monoisotopic (exact) mass is 365 g/mol. The van der Waals surface area contributed by atoms with Gasteiger partial charge in [-0.3, -0.25) is 0 Å². The molecule has 0 saturated heterocycles. The Labute approximate surface area is 159 Å². The summed E-state index contributed by atoms with van der Waals surface area (Å²) in [5.74, 6) is 0.865. The summed E-state index contributed by atoms with van der Waals surface area (Å²) in [5, 5.41) is 3.74. The largest absolute Gasteiger partial charge is 0.448 e. The quantitative estimate of drug-likeness (QED) is 0.319. The third-order valence-electron chi connectivity index (χ3n) is 4.76. The number of carbonyl (C=O) groups excluding carboxylic acids is 1. The van der Waals surface area contributed by atoms with Crippen LogP contribution in [0.5, 0.6) is 0 Å². The lowest BCUT2D eigenvalue weighted by atomic mass is 10.0. The predicted octanol–water partition coefficient (Wildman–Crippen LogP) is 6.38. The fourth-order valence-corrected chi connectivity index (χ4v) is 3.13. The molecule has 5 heteroatoms. The Morgan fingerprint density at radius 1 is 0.846 bits per heavy atom. The molecule has 1 aromatic heterocycles. The molecule has 0 saturated carbocycles. The smallest absolute Gasteiger partial charge is 0.436 e. The van der Waals surface area contributed by atoms with E-state index in [9.17, 15) is 4.79 Å². The van der Waals surface area contributed by atoms with Gasteiger partial charge in [0.25, 0.3) is 0 Å². The van der Waals surface area contributed by atoms with E-state index in [-0.39, 0.29) is 0 Å². The lowest BCUT2D eigenvalue weighted by molar-refractivity contribution is 0.142. The average molecular weight is 366 g/mol. The van der Waals surface area contributed by atoms with Gasteiger partial charge in [-0.15, -0.1) is 5.10 Å². The maximum atomic E-state index is 11.5. The van der Waals surface area contributed by atoms with Gasteiger partial charge in [0.2, 0.25) is 0 Å². The van der Waals surface area contributed by atoms with Gasteiger partial charge in [-0.2, -0.15) is 4.68 Å². The van der Waals surface area contributed by atoms with Gasteiger partial charge in [-0.05, 0) is 12.3 Å². The Bertz CT molecular complexity index is 432. The minimum absolute atomic E-state index is 0.442. The van der Waals surface area contributed by atoms with Crippen LogP contribution < -0.4 is 0 Å². The third-order valence-corrected chi connectivity index (χ3v) is 4.76. The van der Waals surface area contributed by atoms with Crippen molar-refractivity contribution >= 4 is 6.09 Å². The zero-order chi connectivity index (χ0) is 18.9. The van der Waals surface area contributed by atoms with E-state index in [1.165, 1.54) is 89.7 Å². The second-order valence-electron chi connectivity index (χ2n) is 7.73. The highest BCUT2D eigenvalue weighted by molar-refractivity contribution is 5.68. The number of hydrogen-bond acceptors (Lipinski definition) is 4. The molecule has 0 aromatic carbocycles. The Kier molecular flexibility index (Phi) is 13.8. The van der Waals surface area contributed by atoms with Gasteiger partial charge in [0.15, 0.2) is 0 Å². The Morgan fingerprint density at radius 2 is 1.35 bits per heavy atom. The first-order valence-electron chi connectivity index (χ1n) is 10.7. The normalized spacial score (nSPS) is 11.2. The van der Waals surface area contributed by atoms with Crippen molar-refractivity contribution in [3.8, 4) is 0 Å². The number of ether oxygens (including phenoxy) is 1. The minimum atomic E-state index is -0.442. The van der Waals surface area contributed by atoms with E-state index in [1.807, 2.05) is 0 Å². The Hall–Kier alpha value is -1.39. The van der Waals surface area contributed by atoms with Gasteiger partial charge in [-0.1, -0.05) is 97.3 Å². The van der Waals surface area contributed by atoms with Crippen LogP contribution in [0.4, 0.5) is 4.79 Å². The van der Waals surface area contributed by atoms with Gasteiger partial charge in [-0.25, -0.2) is 9.78 Å². The fraction of sp³-hybridized carbons (Fsp3) is 0.857. The molecule has 0 aliphatic rings. The van der Waals surface area contributed by atoms with Crippen LogP contribution in [0.3, 0.4) is 0 Å². The van der Waals surface area contributed by atoms with Crippen LogP contribution in [-0.4, -0.2) is 27.5 Å². The van der Waals surface area contributed by atoms with Crippen LogP contribution in [0.2, 0.25) is 0 Å². The first-order chi connectivity index (χ1) is 12.7. The number of rotatable bonds is 16. The number of carbonyl (C=O) groups is 1. The van der Waals surface area contributed by atoms with Gasteiger partial charge >= 0.3 is 6.09 Å². The van der Waals surface area contributed by atoms with Gasteiger partial charge in [0.05, 0.1) is 6.61 Å². The molecule has 0 fully saturated rings. The van der Waals surface area contributed by atoms with E-state index in [1.54, 1.807) is 0 Å². The summed E-state index contributed by atoms with van der Waals surface area (Å²) in [5.41, 5.74) is 0. The molecule has 5 nitrogen and oxygen atoms in total. The Balaban J connectivity index is 1.73. The van der Waals surface area contributed by atoms with Crippen LogP contribution in [0.15, 0.2) is 12.7 Å². The van der Waals surface area contributed by atoms with Crippen molar-refractivity contribution in [1.29, 1.82) is 0 Å². The molecule has 0 unspecified atom stereocenters. The van der Waals surface area contributed by atoms with Gasteiger partial charge in [0.1, 0.15) is 12.7 Å². The van der Waals surface area contributed by atoms with Crippen molar-refractivity contribution < 1.29 is 9.53 Å². The van der Waals surface area contributed by atoms with Crippen LogP contribution in [-0.2, 0) is 4.74 Å². The summed E-state index contributed by atoms with van der Waals surface area (Å²) < 4.78 is 6.24. The third kappa shape index (κ3) is 12.9. The highest BCUT2D eigenvalue weighted by Gasteiger charge is 2.05. The summed E-state index contributed by atoms with van der Waals surface area (Å²) in [6, 6.07) is 0. The zero-order valence-corrected chi connectivity index (χ0v) is 17.0. The maximum Gasteiger partial charge on any atom is 0.436 e. The SMILES string of the molecule is CC(C)CCCCCCCCCCCCCCCOC(=O)n1cncn1.